The third kappa shape index (κ3) is 5.34. The molecule has 9 heteroatoms. The lowest BCUT2D eigenvalue weighted by molar-refractivity contribution is -0.151. The highest BCUT2D eigenvalue weighted by molar-refractivity contribution is 6.20. The molecule has 1 aromatic rings. The second-order valence-corrected chi connectivity index (χ2v) is 6.90. The van der Waals surface area contributed by atoms with Gasteiger partial charge in [0, 0.05) is 11.7 Å². The molecular weight excluding hydrogens is 378 g/mol. The Labute approximate surface area is 167 Å². The summed E-state index contributed by atoms with van der Waals surface area (Å²) in [6.07, 6.45) is 2.56. The third-order valence-corrected chi connectivity index (χ3v) is 4.67. The summed E-state index contributed by atoms with van der Waals surface area (Å²) in [7, 11) is 0. The maximum absolute atomic E-state index is 12.4. The molecule has 1 aromatic carbocycles. The van der Waals surface area contributed by atoms with E-state index < -0.39 is 29.8 Å². The van der Waals surface area contributed by atoms with Gasteiger partial charge >= 0.3 is 12.0 Å². The second kappa shape index (κ2) is 9.22. The number of hydrogen-bond acceptors (Lipinski definition) is 7. The zero-order valence-corrected chi connectivity index (χ0v) is 16.0. The molecule has 0 unspecified atom stereocenters. The molecule has 0 bridgehead atoms. The van der Waals surface area contributed by atoms with E-state index in [2.05, 4.69) is 16.0 Å². The number of esters is 1. The van der Waals surface area contributed by atoms with Crippen molar-refractivity contribution in [1.82, 2.24) is 10.6 Å². The summed E-state index contributed by atoms with van der Waals surface area (Å²) < 4.78 is 10.3. The predicted molar refractivity (Wildman–Crippen MR) is 103 cm³/mol. The zero-order chi connectivity index (χ0) is 20.8. The van der Waals surface area contributed by atoms with E-state index in [1.54, 1.807) is 24.3 Å². The lowest BCUT2D eigenvalue weighted by Gasteiger charge is -2.16. The van der Waals surface area contributed by atoms with Crippen molar-refractivity contribution in [3.05, 3.63) is 41.8 Å². The summed E-state index contributed by atoms with van der Waals surface area (Å²) in [5.41, 5.74) is 0.320. The lowest BCUT2D eigenvalue weighted by Crippen LogP contribution is -2.47. The Kier molecular flexibility index (Phi) is 6.48. The molecule has 3 rings (SSSR count). The highest BCUT2D eigenvalue weighted by Gasteiger charge is 2.34. The van der Waals surface area contributed by atoms with E-state index in [9.17, 15) is 19.2 Å². The van der Waals surface area contributed by atoms with Gasteiger partial charge in [0.25, 0.3) is 5.91 Å². The number of ether oxygens (including phenoxy) is 2. The molecule has 3 amide bonds. The van der Waals surface area contributed by atoms with Gasteiger partial charge in [-0.3, -0.25) is 14.9 Å². The number of nitrogens with one attached hydrogen (secondary N) is 3. The highest BCUT2D eigenvalue weighted by Crippen LogP contribution is 2.21. The molecule has 0 radical (unpaired) electrons. The first-order valence-electron chi connectivity index (χ1n) is 9.48. The maximum atomic E-state index is 12.4. The number of ketones is 1. The minimum absolute atomic E-state index is 0.0298. The smallest absolute Gasteiger partial charge is 0.348 e. The molecule has 1 saturated carbocycles. The first-order chi connectivity index (χ1) is 13.9. The fourth-order valence-corrected chi connectivity index (χ4v) is 3.14. The second-order valence-electron chi connectivity index (χ2n) is 6.90. The average molecular weight is 401 g/mol. The number of imide groups is 1. The number of urea groups is 1. The number of hydrogen-bond donors (Lipinski definition) is 3. The number of anilines is 1. The van der Waals surface area contributed by atoms with E-state index in [-0.39, 0.29) is 24.1 Å². The van der Waals surface area contributed by atoms with Crippen molar-refractivity contribution in [3.8, 4) is 0 Å². The molecule has 1 aliphatic heterocycles. The van der Waals surface area contributed by atoms with Gasteiger partial charge < -0.3 is 20.1 Å². The fourth-order valence-electron chi connectivity index (χ4n) is 3.14. The van der Waals surface area contributed by atoms with E-state index in [1.165, 1.54) is 6.92 Å². The van der Waals surface area contributed by atoms with Crippen molar-refractivity contribution in [3.63, 3.8) is 0 Å². The molecule has 1 atom stereocenters. The van der Waals surface area contributed by atoms with Crippen LogP contribution in [0.4, 0.5) is 10.5 Å². The van der Waals surface area contributed by atoms with Crippen LogP contribution in [0.5, 0.6) is 0 Å². The topological polar surface area (TPSA) is 123 Å². The van der Waals surface area contributed by atoms with Crippen molar-refractivity contribution in [2.45, 2.75) is 44.8 Å². The van der Waals surface area contributed by atoms with Crippen LogP contribution in [-0.4, -0.2) is 42.4 Å². The molecule has 3 N–H and O–H groups in total. The monoisotopic (exact) mass is 401 g/mol. The van der Waals surface area contributed by atoms with Crippen molar-refractivity contribution < 1.29 is 28.7 Å². The Hall–Kier alpha value is -3.36. The Bertz CT molecular complexity index is 830. The van der Waals surface area contributed by atoms with Crippen LogP contribution in [0.2, 0.25) is 0 Å². The summed E-state index contributed by atoms with van der Waals surface area (Å²) in [6, 6.07) is 8.27. The summed E-state index contributed by atoms with van der Waals surface area (Å²) >= 11 is 0. The first kappa shape index (κ1) is 20.4. The summed E-state index contributed by atoms with van der Waals surface area (Å²) in [4.78, 5) is 48.5. The Morgan fingerprint density at radius 2 is 1.83 bits per heavy atom. The Morgan fingerprint density at radius 1 is 1.14 bits per heavy atom. The van der Waals surface area contributed by atoms with Crippen LogP contribution in [0.3, 0.4) is 0 Å². The molecule has 29 heavy (non-hydrogen) atoms. The zero-order valence-electron chi connectivity index (χ0n) is 16.0. The number of Topliss-reactive ketones (excluding diaryl/α,β-unsaturated/α-hetero) is 1. The number of para-hydroxylation sites is 1. The molecule has 0 spiro atoms. The van der Waals surface area contributed by atoms with E-state index in [1.807, 2.05) is 6.07 Å². The fraction of sp³-hybridized carbons (Fsp3) is 0.400. The van der Waals surface area contributed by atoms with Gasteiger partial charge in [-0.2, -0.15) is 0 Å². The van der Waals surface area contributed by atoms with Crippen LogP contribution in [0.1, 0.15) is 32.6 Å². The lowest BCUT2D eigenvalue weighted by atomic mass is 10.2. The number of amides is 3. The van der Waals surface area contributed by atoms with Crippen LogP contribution in [0.25, 0.3) is 0 Å². The third-order valence-electron chi connectivity index (χ3n) is 4.67. The quantitative estimate of drug-likeness (QED) is 0.489. The largest absolute Gasteiger partial charge is 0.470 e. The molecule has 154 valence electrons. The van der Waals surface area contributed by atoms with Gasteiger partial charge in [0.2, 0.25) is 11.7 Å². The Balaban J connectivity index is 1.58. The molecule has 1 fully saturated rings. The van der Waals surface area contributed by atoms with Gasteiger partial charge in [-0.25, -0.2) is 9.59 Å². The van der Waals surface area contributed by atoms with Crippen LogP contribution in [0, 0.1) is 0 Å². The molecule has 0 aromatic heterocycles. The van der Waals surface area contributed by atoms with Crippen LogP contribution < -0.4 is 16.0 Å². The van der Waals surface area contributed by atoms with Gasteiger partial charge in [0.1, 0.15) is 0 Å². The molecule has 0 saturated heterocycles. The number of carbonyl (C=O) groups excluding carboxylic acids is 4. The normalized spacial score (nSPS) is 17.5. The van der Waals surface area contributed by atoms with Crippen LogP contribution in [-0.2, 0) is 23.9 Å². The summed E-state index contributed by atoms with van der Waals surface area (Å²) in [5, 5.41) is 7.71. The predicted octanol–water partition coefficient (Wildman–Crippen LogP) is 1.61. The van der Waals surface area contributed by atoms with Crippen LogP contribution in [0.15, 0.2) is 41.8 Å². The van der Waals surface area contributed by atoms with Gasteiger partial charge in [-0.05, 0) is 31.9 Å². The minimum atomic E-state index is -1.27. The molecule has 1 heterocycles. The number of carbonyl (C=O) groups is 4. The SMILES string of the molecule is C[C@H](OC(=O)C1=C(Nc2ccccc2)OCC1=O)C(=O)NC(=O)NC1CCCC1. The van der Waals surface area contributed by atoms with Crippen molar-refractivity contribution in [2.75, 3.05) is 11.9 Å². The molecule has 9 nitrogen and oxygen atoms in total. The molecule has 1 aliphatic carbocycles. The summed E-state index contributed by atoms with van der Waals surface area (Å²) in [5.74, 6) is -2.36. The van der Waals surface area contributed by atoms with Gasteiger partial charge in [-0.15, -0.1) is 0 Å². The Morgan fingerprint density at radius 3 is 2.52 bits per heavy atom. The maximum Gasteiger partial charge on any atom is 0.348 e. The average Bonchev–Trinajstić information content (AvgIpc) is 3.32. The van der Waals surface area contributed by atoms with E-state index in [4.69, 9.17) is 9.47 Å². The van der Waals surface area contributed by atoms with Gasteiger partial charge in [-0.1, -0.05) is 31.0 Å². The molecular formula is C20H23N3O6. The minimum Gasteiger partial charge on any atom is -0.470 e. The van der Waals surface area contributed by atoms with Gasteiger partial charge in [0.05, 0.1) is 0 Å². The van der Waals surface area contributed by atoms with E-state index in [0.29, 0.717) is 5.69 Å². The van der Waals surface area contributed by atoms with Crippen molar-refractivity contribution >= 4 is 29.4 Å². The standard InChI is InChI=1S/C20H23N3O6/c1-12(17(25)23-20(27)22-14-9-5-6-10-14)29-19(26)16-15(24)11-28-18(16)21-13-7-3-2-4-8-13/h2-4,7-8,12,14,21H,5-6,9-11H2,1H3,(H2,22,23,25,27)/t12-/m0/s1. The van der Waals surface area contributed by atoms with Crippen molar-refractivity contribution in [2.24, 2.45) is 0 Å². The summed E-state index contributed by atoms with van der Waals surface area (Å²) in [6.45, 7) is 1.02. The first-order valence-corrected chi connectivity index (χ1v) is 9.48. The van der Waals surface area contributed by atoms with E-state index in [0.717, 1.165) is 25.7 Å². The number of benzene rings is 1. The van der Waals surface area contributed by atoms with Crippen LogP contribution >= 0.6 is 0 Å². The van der Waals surface area contributed by atoms with Crippen molar-refractivity contribution in [1.29, 1.82) is 0 Å². The molecule has 2 aliphatic rings. The highest BCUT2D eigenvalue weighted by atomic mass is 16.6. The van der Waals surface area contributed by atoms with Gasteiger partial charge in [0.15, 0.2) is 18.3 Å². The van der Waals surface area contributed by atoms with E-state index >= 15 is 0 Å². The number of rotatable bonds is 6.